The van der Waals surface area contributed by atoms with Crippen LogP contribution in [0.2, 0.25) is 0 Å². The van der Waals surface area contributed by atoms with Crippen LogP contribution in [0.1, 0.15) is 48.9 Å². The molecule has 0 bridgehead atoms. The van der Waals surface area contributed by atoms with E-state index in [2.05, 4.69) is 32.7 Å². The van der Waals surface area contributed by atoms with Gasteiger partial charge in [0.05, 0.1) is 0 Å². The molecule has 1 saturated carbocycles. The molecule has 4 amide bonds. The van der Waals surface area contributed by atoms with Crippen LogP contribution in [0, 0.1) is 12.8 Å². The van der Waals surface area contributed by atoms with E-state index in [0.717, 1.165) is 12.8 Å². The third-order valence-electron chi connectivity index (χ3n) is 5.47. The Balaban J connectivity index is 1.35. The maximum atomic E-state index is 12.7. The Morgan fingerprint density at radius 3 is 2.77 bits per heavy atom. The molecule has 12 heteroatoms. The van der Waals surface area contributed by atoms with Crippen molar-refractivity contribution < 1.29 is 23.9 Å². The number of aryl methyl sites for hydroxylation is 1. The quantitative estimate of drug-likeness (QED) is 0.528. The number of imide groups is 1. The zero-order valence-electron chi connectivity index (χ0n) is 16.5. The number of hydrazine groups is 1. The highest BCUT2D eigenvalue weighted by molar-refractivity contribution is 6.08. The molecule has 0 radical (unpaired) electrons. The SMILES string of the molecule is Cc1ccnc2nc(C(=O)OCC(=O)NN3C(=O)NC4(CCC(C)CC4)C3=O)nn12. The number of aromatic nitrogens is 4. The first-order chi connectivity index (χ1) is 14.3. The van der Waals surface area contributed by atoms with Gasteiger partial charge in [-0.25, -0.2) is 19.1 Å². The Kier molecular flexibility index (Phi) is 4.84. The molecule has 3 heterocycles. The van der Waals surface area contributed by atoms with Gasteiger partial charge < -0.3 is 10.1 Å². The molecule has 30 heavy (non-hydrogen) atoms. The van der Waals surface area contributed by atoms with Crippen molar-refractivity contribution in [3.8, 4) is 0 Å². The normalized spacial score (nSPS) is 23.7. The van der Waals surface area contributed by atoms with Gasteiger partial charge in [-0.1, -0.05) is 6.92 Å². The van der Waals surface area contributed by atoms with Gasteiger partial charge in [-0.3, -0.25) is 15.0 Å². The number of carbonyl (C=O) groups is 4. The Morgan fingerprint density at radius 2 is 2.07 bits per heavy atom. The molecule has 4 rings (SSSR count). The number of nitrogens with one attached hydrogen (secondary N) is 2. The summed E-state index contributed by atoms with van der Waals surface area (Å²) in [4.78, 5) is 57.2. The number of fused-ring (bicyclic) bond motifs is 1. The lowest BCUT2D eigenvalue weighted by Gasteiger charge is -2.33. The van der Waals surface area contributed by atoms with Gasteiger partial charge in [0.15, 0.2) is 6.61 Å². The van der Waals surface area contributed by atoms with Crippen LogP contribution in [-0.4, -0.2) is 60.6 Å². The van der Waals surface area contributed by atoms with Crippen LogP contribution in [0.5, 0.6) is 0 Å². The number of carbonyl (C=O) groups excluding carboxylic acids is 4. The van der Waals surface area contributed by atoms with Crippen LogP contribution in [0.15, 0.2) is 12.3 Å². The van der Waals surface area contributed by atoms with Gasteiger partial charge >= 0.3 is 12.0 Å². The summed E-state index contributed by atoms with van der Waals surface area (Å²) in [6.07, 6.45) is 4.19. The first kappa shape index (κ1) is 19.7. The summed E-state index contributed by atoms with van der Waals surface area (Å²) >= 11 is 0. The maximum Gasteiger partial charge on any atom is 0.378 e. The summed E-state index contributed by atoms with van der Waals surface area (Å²) in [5, 5.41) is 7.34. The highest BCUT2D eigenvalue weighted by atomic mass is 16.5. The Labute approximate surface area is 170 Å². The minimum Gasteiger partial charge on any atom is -0.450 e. The molecule has 0 aromatic carbocycles. The fourth-order valence-corrected chi connectivity index (χ4v) is 3.66. The molecule has 2 aliphatic rings. The fraction of sp³-hybridized carbons (Fsp3) is 0.500. The number of esters is 1. The largest absolute Gasteiger partial charge is 0.450 e. The van der Waals surface area contributed by atoms with Crippen molar-refractivity contribution in [1.82, 2.24) is 35.3 Å². The summed E-state index contributed by atoms with van der Waals surface area (Å²) in [5.74, 6) is -1.80. The Bertz CT molecular complexity index is 1040. The summed E-state index contributed by atoms with van der Waals surface area (Å²) in [6, 6.07) is 1.00. The van der Waals surface area contributed by atoms with Crippen molar-refractivity contribution in [3.05, 3.63) is 23.8 Å². The molecule has 0 unspecified atom stereocenters. The van der Waals surface area contributed by atoms with Crippen molar-refractivity contribution in [2.45, 2.75) is 45.1 Å². The average Bonchev–Trinajstić information content (AvgIpc) is 3.25. The number of amides is 4. The second-order valence-electron chi connectivity index (χ2n) is 7.68. The Morgan fingerprint density at radius 1 is 1.33 bits per heavy atom. The summed E-state index contributed by atoms with van der Waals surface area (Å²) in [6.45, 7) is 3.16. The highest BCUT2D eigenvalue weighted by Crippen LogP contribution is 2.35. The minimum absolute atomic E-state index is 0.220. The average molecular weight is 415 g/mol. The van der Waals surface area contributed by atoms with E-state index in [1.165, 1.54) is 10.7 Å². The molecule has 1 aliphatic carbocycles. The molecular weight excluding hydrogens is 394 g/mol. The van der Waals surface area contributed by atoms with Gasteiger partial charge in [-0.05, 0) is 44.6 Å². The predicted molar refractivity (Wildman–Crippen MR) is 99.7 cm³/mol. The third-order valence-corrected chi connectivity index (χ3v) is 5.47. The third kappa shape index (κ3) is 3.44. The number of hydrogen-bond donors (Lipinski definition) is 2. The molecule has 1 aliphatic heterocycles. The molecule has 1 saturated heterocycles. The predicted octanol–water partition coefficient (Wildman–Crippen LogP) is 0.121. The van der Waals surface area contributed by atoms with E-state index in [0.29, 0.717) is 29.5 Å². The van der Waals surface area contributed by atoms with Crippen molar-refractivity contribution in [3.63, 3.8) is 0 Å². The topological polar surface area (TPSA) is 148 Å². The molecule has 1 spiro atoms. The number of rotatable bonds is 4. The van der Waals surface area contributed by atoms with Gasteiger partial charge in [0.1, 0.15) is 5.54 Å². The van der Waals surface area contributed by atoms with Gasteiger partial charge in [0, 0.05) is 11.9 Å². The van der Waals surface area contributed by atoms with Crippen molar-refractivity contribution >= 4 is 29.6 Å². The first-order valence-electron chi connectivity index (χ1n) is 9.61. The molecule has 0 atom stereocenters. The second-order valence-corrected chi connectivity index (χ2v) is 7.68. The van der Waals surface area contributed by atoms with E-state index in [9.17, 15) is 19.2 Å². The van der Waals surface area contributed by atoms with Crippen molar-refractivity contribution in [1.29, 1.82) is 0 Å². The zero-order chi connectivity index (χ0) is 21.5. The Hall–Kier alpha value is -3.57. The zero-order valence-corrected chi connectivity index (χ0v) is 16.5. The van der Waals surface area contributed by atoms with Gasteiger partial charge in [0.25, 0.3) is 23.4 Å². The lowest BCUT2D eigenvalue weighted by Crippen LogP contribution is -2.52. The molecular formula is C18H21N7O5. The van der Waals surface area contributed by atoms with E-state index in [1.54, 1.807) is 13.0 Å². The smallest absolute Gasteiger partial charge is 0.378 e. The number of ether oxygens (including phenoxy) is 1. The summed E-state index contributed by atoms with van der Waals surface area (Å²) < 4.78 is 6.27. The maximum absolute atomic E-state index is 12.7. The van der Waals surface area contributed by atoms with E-state index in [-0.39, 0.29) is 11.6 Å². The van der Waals surface area contributed by atoms with Crippen LogP contribution < -0.4 is 10.7 Å². The van der Waals surface area contributed by atoms with E-state index in [4.69, 9.17) is 4.74 Å². The molecule has 2 fully saturated rings. The molecule has 2 aromatic rings. The standard InChI is InChI=1S/C18H21N7O5/c1-10-3-6-18(7-4-10)15(28)25(17(29)21-18)22-12(26)9-30-14(27)13-20-16-19-8-5-11(2)24(16)23-13/h5,8,10H,3-4,6-7,9H2,1-2H3,(H,21,29)(H,22,26). The van der Waals surface area contributed by atoms with E-state index >= 15 is 0 Å². The minimum atomic E-state index is -0.973. The van der Waals surface area contributed by atoms with Crippen molar-refractivity contribution in [2.75, 3.05) is 6.61 Å². The van der Waals surface area contributed by atoms with Crippen LogP contribution >= 0.6 is 0 Å². The van der Waals surface area contributed by atoms with E-state index < -0.39 is 36.0 Å². The molecule has 2 aromatic heterocycles. The molecule has 2 N–H and O–H groups in total. The monoisotopic (exact) mass is 415 g/mol. The van der Waals surface area contributed by atoms with Gasteiger partial charge in [-0.15, -0.1) is 5.10 Å². The van der Waals surface area contributed by atoms with Crippen LogP contribution in [0.25, 0.3) is 5.78 Å². The number of hydrogen-bond acceptors (Lipinski definition) is 8. The highest BCUT2D eigenvalue weighted by Gasteiger charge is 2.52. The van der Waals surface area contributed by atoms with Gasteiger partial charge in [0.2, 0.25) is 0 Å². The summed E-state index contributed by atoms with van der Waals surface area (Å²) in [7, 11) is 0. The first-order valence-corrected chi connectivity index (χ1v) is 9.61. The number of urea groups is 1. The summed E-state index contributed by atoms with van der Waals surface area (Å²) in [5.41, 5.74) is 1.94. The van der Waals surface area contributed by atoms with Crippen LogP contribution in [0.4, 0.5) is 4.79 Å². The second kappa shape index (κ2) is 7.35. The van der Waals surface area contributed by atoms with E-state index in [1.807, 2.05) is 0 Å². The molecule has 12 nitrogen and oxygen atoms in total. The van der Waals surface area contributed by atoms with Gasteiger partial charge in [-0.2, -0.15) is 9.99 Å². The fourth-order valence-electron chi connectivity index (χ4n) is 3.66. The molecule has 158 valence electrons. The van der Waals surface area contributed by atoms with Crippen LogP contribution in [0.3, 0.4) is 0 Å². The number of nitrogens with zero attached hydrogens (tertiary/aromatic N) is 5. The lowest BCUT2D eigenvalue weighted by molar-refractivity contribution is -0.141. The van der Waals surface area contributed by atoms with Crippen LogP contribution in [-0.2, 0) is 14.3 Å². The van der Waals surface area contributed by atoms with Crippen molar-refractivity contribution in [2.24, 2.45) is 5.92 Å². The lowest BCUT2D eigenvalue weighted by atomic mass is 9.77.